The summed E-state index contributed by atoms with van der Waals surface area (Å²) in [6.07, 6.45) is -4.55. The van der Waals surface area contributed by atoms with Gasteiger partial charge in [-0.3, -0.25) is 0 Å². The van der Waals surface area contributed by atoms with E-state index in [9.17, 15) is 13.2 Å². The molecule has 0 saturated heterocycles. The van der Waals surface area contributed by atoms with Crippen LogP contribution in [0.15, 0.2) is 27.8 Å². The van der Waals surface area contributed by atoms with Crippen LogP contribution < -0.4 is 0 Å². The third-order valence-corrected chi connectivity index (χ3v) is 2.37. The molecule has 15 heavy (non-hydrogen) atoms. The first-order valence-electron chi connectivity index (χ1n) is 3.61. The molecule has 0 unspecified atom stereocenters. The number of halogens is 5. The molecular formula is C8H4BrClF3NO. The second-order valence-corrected chi connectivity index (χ2v) is 3.85. The van der Waals surface area contributed by atoms with Crippen molar-refractivity contribution in [3.05, 3.63) is 33.8 Å². The largest absolute Gasteiger partial charge is 0.417 e. The molecule has 0 aliphatic rings. The predicted octanol–water partition coefficient (Wildman–Crippen LogP) is 3.84. The van der Waals surface area contributed by atoms with E-state index in [1.807, 2.05) is 0 Å². The number of alkyl halides is 3. The lowest BCUT2D eigenvalue weighted by Crippen LogP contribution is -2.11. The molecule has 0 fully saturated rings. The van der Waals surface area contributed by atoms with Crippen LogP contribution in [-0.4, -0.2) is 10.4 Å². The lowest BCUT2D eigenvalue weighted by atomic mass is 10.1. The number of rotatable bonds is 1. The van der Waals surface area contributed by atoms with Crippen LogP contribution in [0.4, 0.5) is 13.2 Å². The van der Waals surface area contributed by atoms with Crippen molar-refractivity contribution in [3.63, 3.8) is 0 Å². The lowest BCUT2D eigenvalue weighted by molar-refractivity contribution is -0.137. The van der Waals surface area contributed by atoms with E-state index in [1.165, 1.54) is 6.07 Å². The highest BCUT2D eigenvalue weighted by molar-refractivity contribution is 9.10. The molecule has 0 heterocycles. The Labute approximate surface area is 96.5 Å². The first kappa shape index (κ1) is 12.3. The van der Waals surface area contributed by atoms with Crippen LogP contribution in [0.5, 0.6) is 0 Å². The van der Waals surface area contributed by atoms with Crippen LogP contribution in [-0.2, 0) is 6.18 Å². The highest BCUT2D eigenvalue weighted by atomic mass is 79.9. The average Bonchev–Trinajstić information content (AvgIpc) is 2.15. The van der Waals surface area contributed by atoms with Gasteiger partial charge in [0.05, 0.1) is 5.56 Å². The van der Waals surface area contributed by atoms with Crippen molar-refractivity contribution in [3.8, 4) is 0 Å². The average molecular weight is 302 g/mol. The molecule has 0 amide bonds. The Bertz CT molecular complexity index is 405. The zero-order chi connectivity index (χ0) is 11.6. The second kappa shape index (κ2) is 4.40. The predicted molar refractivity (Wildman–Crippen MR) is 53.3 cm³/mol. The first-order valence-corrected chi connectivity index (χ1v) is 4.78. The Hall–Kier alpha value is -0.750. The molecule has 82 valence electrons. The molecular weight excluding hydrogens is 298 g/mol. The van der Waals surface area contributed by atoms with Crippen molar-refractivity contribution in [2.75, 3.05) is 0 Å². The summed E-state index contributed by atoms with van der Waals surface area (Å²) < 4.78 is 37.8. The molecule has 1 aromatic carbocycles. The van der Waals surface area contributed by atoms with E-state index in [0.717, 1.165) is 12.1 Å². The summed E-state index contributed by atoms with van der Waals surface area (Å²) in [4.78, 5) is 0. The molecule has 1 rings (SSSR count). The van der Waals surface area contributed by atoms with Crippen LogP contribution in [0.3, 0.4) is 0 Å². The van der Waals surface area contributed by atoms with Gasteiger partial charge in [-0.2, -0.15) is 13.2 Å². The number of hydrogen-bond donors (Lipinski definition) is 1. The van der Waals surface area contributed by atoms with E-state index >= 15 is 0 Å². The fraction of sp³-hybridized carbons (Fsp3) is 0.125. The maximum absolute atomic E-state index is 12.5. The monoisotopic (exact) mass is 301 g/mol. The summed E-state index contributed by atoms with van der Waals surface area (Å²) in [7, 11) is 0. The molecule has 2 nitrogen and oxygen atoms in total. The van der Waals surface area contributed by atoms with Gasteiger partial charge in [-0.1, -0.05) is 38.8 Å². The van der Waals surface area contributed by atoms with E-state index in [4.69, 9.17) is 16.8 Å². The number of oxime groups is 1. The minimum atomic E-state index is -4.55. The number of benzene rings is 1. The van der Waals surface area contributed by atoms with Crippen LogP contribution in [0.1, 0.15) is 11.1 Å². The molecule has 0 atom stereocenters. The molecule has 0 aromatic heterocycles. The standard InChI is InChI=1S/C8H4BrClF3NO/c9-4-1-2-5(7(10)14-15)6(3-4)8(11,12)13/h1-3,15H/b14-7+. The van der Waals surface area contributed by atoms with Crippen molar-refractivity contribution in [1.82, 2.24) is 0 Å². The molecule has 7 heteroatoms. The van der Waals surface area contributed by atoms with Gasteiger partial charge in [-0.25, -0.2) is 0 Å². The number of hydrogen-bond acceptors (Lipinski definition) is 2. The molecule has 1 N–H and O–H groups in total. The third-order valence-electron chi connectivity index (χ3n) is 1.60. The normalized spacial score (nSPS) is 13.0. The molecule has 0 spiro atoms. The van der Waals surface area contributed by atoms with E-state index in [1.54, 1.807) is 0 Å². The van der Waals surface area contributed by atoms with Crippen LogP contribution >= 0.6 is 27.5 Å². The Kier molecular flexibility index (Phi) is 3.62. The second-order valence-electron chi connectivity index (χ2n) is 2.58. The van der Waals surface area contributed by atoms with Crippen LogP contribution in [0.2, 0.25) is 0 Å². The van der Waals surface area contributed by atoms with E-state index in [2.05, 4.69) is 21.1 Å². The van der Waals surface area contributed by atoms with Crippen molar-refractivity contribution in [1.29, 1.82) is 0 Å². The van der Waals surface area contributed by atoms with Gasteiger partial charge in [-0.05, 0) is 12.1 Å². The van der Waals surface area contributed by atoms with Crippen molar-refractivity contribution < 1.29 is 18.4 Å². The van der Waals surface area contributed by atoms with Gasteiger partial charge < -0.3 is 5.21 Å². The maximum Gasteiger partial charge on any atom is 0.417 e. The quantitative estimate of drug-likeness (QED) is 0.477. The minimum Gasteiger partial charge on any atom is -0.410 e. The van der Waals surface area contributed by atoms with Gasteiger partial charge in [0.2, 0.25) is 0 Å². The SMILES string of the molecule is O/N=C(/Cl)c1ccc(Br)cc1C(F)(F)F. The zero-order valence-corrected chi connectivity index (χ0v) is 9.36. The Morgan fingerprint density at radius 2 is 2.00 bits per heavy atom. The molecule has 0 aliphatic carbocycles. The molecule has 0 saturated carbocycles. The summed E-state index contributed by atoms with van der Waals surface area (Å²) in [5.74, 6) is 0. The van der Waals surface area contributed by atoms with Gasteiger partial charge in [0.25, 0.3) is 0 Å². The van der Waals surface area contributed by atoms with Gasteiger partial charge in [0.15, 0.2) is 5.17 Å². The fourth-order valence-electron chi connectivity index (χ4n) is 0.985. The molecule has 0 bridgehead atoms. The van der Waals surface area contributed by atoms with E-state index < -0.39 is 16.9 Å². The van der Waals surface area contributed by atoms with E-state index in [-0.39, 0.29) is 10.0 Å². The van der Waals surface area contributed by atoms with E-state index in [0.29, 0.717) is 0 Å². The summed E-state index contributed by atoms with van der Waals surface area (Å²) in [5.41, 5.74) is -1.32. The minimum absolute atomic E-state index is 0.265. The van der Waals surface area contributed by atoms with Gasteiger partial charge in [0.1, 0.15) is 0 Å². The fourth-order valence-corrected chi connectivity index (χ4v) is 1.51. The molecule has 0 radical (unpaired) electrons. The Balaban J connectivity index is 3.40. The highest BCUT2D eigenvalue weighted by Gasteiger charge is 2.34. The smallest absolute Gasteiger partial charge is 0.410 e. The van der Waals surface area contributed by atoms with Gasteiger partial charge in [-0.15, -0.1) is 0 Å². The molecule has 1 aromatic rings. The lowest BCUT2D eigenvalue weighted by Gasteiger charge is -2.11. The van der Waals surface area contributed by atoms with Crippen LogP contribution in [0.25, 0.3) is 0 Å². The summed E-state index contributed by atoms with van der Waals surface area (Å²) >= 11 is 8.25. The Morgan fingerprint density at radius 1 is 1.40 bits per heavy atom. The summed E-state index contributed by atoms with van der Waals surface area (Å²) in [5, 5.41) is 10.3. The summed E-state index contributed by atoms with van der Waals surface area (Å²) in [6, 6.07) is 3.36. The maximum atomic E-state index is 12.5. The van der Waals surface area contributed by atoms with Crippen LogP contribution in [0, 0.1) is 0 Å². The van der Waals surface area contributed by atoms with Gasteiger partial charge >= 0.3 is 6.18 Å². The topological polar surface area (TPSA) is 32.6 Å². The molecule has 0 aliphatic heterocycles. The van der Waals surface area contributed by atoms with Crippen molar-refractivity contribution in [2.45, 2.75) is 6.18 Å². The number of nitrogens with zero attached hydrogens (tertiary/aromatic N) is 1. The summed E-state index contributed by atoms with van der Waals surface area (Å²) in [6.45, 7) is 0. The zero-order valence-electron chi connectivity index (χ0n) is 7.02. The van der Waals surface area contributed by atoms with Crippen molar-refractivity contribution in [2.24, 2.45) is 5.16 Å². The van der Waals surface area contributed by atoms with Gasteiger partial charge in [0, 0.05) is 10.0 Å². The third kappa shape index (κ3) is 2.85. The highest BCUT2D eigenvalue weighted by Crippen LogP contribution is 2.34. The first-order chi connectivity index (χ1) is 6.86. The van der Waals surface area contributed by atoms with Crippen molar-refractivity contribution >= 4 is 32.7 Å². The Morgan fingerprint density at radius 3 is 2.47 bits per heavy atom.